The summed E-state index contributed by atoms with van der Waals surface area (Å²) in [6.07, 6.45) is 4.12. The van der Waals surface area contributed by atoms with Gasteiger partial charge in [0, 0.05) is 18.3 Å². The second-order valence-electron chi connectivity index (χ2n) is 7.55. The molecule has 172 valence electrons. The van der Waals surface area contributed by atoms with Gasteiger partial charge in [-0.2, -0.15) is 0 Å². The Bertz CT molecular complexity index is 1220. The van der Waals surface area contributed by atoms with E-state index in [4.69, 9.17) is 0 Å². The highest BCUT2D eigenvalue weighted by atomic mass is 32.2. The molecule has 0 aliphatic carbocycles. The monoisotopic (exact) mass is 477 g/mol. The number of hydrogen-bond acceptors (Lipinski definition) is 5. The van der Waals surface area contributed by atoms with Crippen LogP contribution in [0.25, 0.3) is 6.08 Å². The molecule has 2 N–H and O–H groups in total. The van der Waals surface area contributed by atoms with Crippen LogP contribution in [-0.4, -0.2) is 40.8 Å². The highest BCUT2D eigenvalue weighted by molar-refractivity contribution is 7.93. The van der Waals surface area contributed by atoms with E-state index in [-0.39, 0.29) is 17.4 Å². The molecule has 1 aliphatic heterocycles. The lowest BCUT2D eigenvalue weighted by molar-refractivity contribution is -0.111. The molecule has 0 bridgehead atoms. The van der Waals surface area contributed by atoms with Gasteiger partial charge in [-0.3, -0.25) is 13.8 Å². The number of nitrogens with zero attached hydrogens (tertiary/aromatic N) is 1. The smallest absolute Gasteiger partial charge is 0.248 e. The molecule has 0 spiro atoms. The summed E-state index contributed by atoms with van der Waals surface area (Å²) in [5.74, 6) is -0.183. The van der Waals surface area contributed by atoms with Crippen LogP contribution in [0.5, 0.6) is 0 Å². The molecule has 1 fully saturated rings. The summed E-state index contributed by atoms with van der Waals surface area (Å²) >= 11 is 0. The summed E-state index contributed by atoms with van der Waals surface area (Å²) in [4.78, 5) is 12.4. The van der Waals surface area contributed by atoms with Gasteiger partial charge in [0.05, 0.1) is 22.9 Å². The van der Waals surface area contributed by atoms with E-state index in [1.54, 1.807) is 62.4 Å². The Hall–Kier alpha value is -2.85. The lowest BCUT2D eigenvalue weighted by atomic mass is 10.1. The van der Waals surface area contributed by atoms with Crippen LogP contribution in [0.2, 0.25) is 0 Å². The summed E-state index contributed by atoms with van der Waals surface area (Å²) < 4.78 is 52.1. The molecule has 1 saturated heterocycles. The van der Waals surface area contributed by atoms with E-state index in [2.05, 4.69) is 10.0 Å². The van der Waals surface area contributed by atoms with Gasteiger partial charge in [-0.05, 0) is 61.2 Å². The maximum absolute atomic E-state index is 12.4. The van der Waals surface area contributed by atoms with Gasteiger partial charge in [-0.25, -0.2) is 16.8 Å². The van der Waals surface area contributed by atoms with Gasteiger partial charge in [0.1, 0.15) is 0 Å². The molecule has 0 unspecified atom stereocenters. The Kier molecular flexibility index (Phi) is 7.25. The highest BCUT2D eigenvalue weighted by Crippen LogP contribution is 2.26. The van der Waals surface area contributed by atoms with Crippen LogP contribution < -0.4 is 14.3 Å². The average Bonchev–Trinajstić information content (AvgIpc) is 3.08. The quantitative estimate of drug-likeness (QED) is 0.566. The Morgan fingerprint density at radius 2 is 1.81 bits per heavy atom. The van der Waals surface area contributed by atoms with Crippen molar-refractivity contribution in [2.24, 2.45) is 0 Å². The molecule has 3 rings (SSSR count). The Morgan fingerprint density at radius 1 is 1.12 bits per heavy atom. The van der Waals surface area contributed by atoms with Crippen molar-refractivity contribution in [3.8, 4) is 0 Å². The van der Waals surface area contributed by atoms with Crippen molar-refractivity contribution in [3.63, 3.8) is 0 Å². The van der Waals surface area contributed by atoms with Crippen molar-refractivity contribution >= 4 is 49.1 Å². The second-order valence-corrected chi connectivity index (χ2v) is 11.4. The minimum absolute atomic E-state index is 0.0221. The van der Waals surface area contributed by atoms with Gasteiger partial charge >= 0.3 is 0 Å². The minimum Gasteiger partial charge on any atom is -0.322 e. The van der Waals surface area contributed by atoms with E-state index in [0.29, 0.717) is 42.0 Å². The molecular formula is C22H27N3O5S2. The normalized spacial score (nSPS) is 15.8. The summed E-state index contributed by atoms with van der Waals surface area (Å²) in [6, 6.07) is 12.0. The fourth-order valence-corrected chi connectivity index (χ4v) is 6.16. The topological polar surface area (TPSA) is 113 Å². The first kappa shape index (κ1) is 23.8. The number of carbonyl (C=O) groups is 1. The maximum Gasteiger partial charge on any atom is 0.248 e. The van der Waals surface area contributed by atoms with E-state index in [0.717, 1.165) is 5.56 Å². The molecule has 10 heteroatoms. The van der Waals surface area contributed by atoms with Gasteiger partial charge in [-0.1, -0.05) is 25.1 Å². The highest BCUT2D eigenvalue weighted by Gasteiger charge is 2.28. The van der Waals surface area contributed by atoms with Gasteiger partial charge in [-0.15, -0.1) is 0 Å². The van der Waals surface area contributed by atoms with Crippen molar-refractivity contribution < 1.29 is 21.6 Å². The molecule has 1 amide bonds. The lowest BCUT2D eigenvalue weighted by Gasteiger charge is -2.16. The second kappa shape index (κ2) is 9.74. The van der Waals surface area contributed by atoms with Gasteiger partial charge in [0.25, 0.3) is 0 Å². The molecule has 32 heavy (non-hydrogen) atoms. The molecule has 0 atom stereocenters. The Labute approximate surface area is 189 Å². The van der Waals surface area contributed by atoms with Gasteiger partial charge in [0.15, 0.2) is 0 Å². The minimum atomic E-state index is -3.43. The zero-order valence-electron chi connectivity index (χ0n) is 18.0. The molecular weight excluding hydrogens is 450 g/mol. The first-order valence-corrected chi connectivity index (χ1v) is 13.6. The fraction of sp³-hybridized carbons (Fsp3) is 0.318. The zero-order chi connectivity index (χ0) is 23.4. The van der Waals surface area contributed by atoms with Crippen LogP contribution in [-0.2, 0) is 24.8 Å². The molecule has 0 radical (unpaired) electrons. The van der Waals surface area contributed by atoms with Crippen molar-refractivity contribution in [3.05, 3.63) is 59.7 Å². The third kappa shape index (κ3) is 5.89. The molecule has 8 nitrogen and oxygen atoms in total. The molecule has 2 aromatic carbocycles. The first-order valence-electron chi connectivity index (χ1n) is 10.3. The number of anilines is 3. The van der Waals surface area contributed by atoms with Crippen LogP contribution >= 0.6 is 0 Å². The van der Waals surface area contributed by atoms with Crippen molar-refractivity contribution in [1.29, 1.82) is 0 Å². The predicted octanol–water partition coefficient (Wildman–Crippen LogP) is 3.34. The third-order valence-electron chi connectivity index (χ3n) is 5.04. The van der Waals surface area contributed by atoms with Crippen molar-refractivity contribution in [2.45, 2.75) is 26.7 Å². The van der Waals surface area contributed by atoms with Crippen LogP contribution in [0.15, 0.2) is 48.5 Å². The van der Waals surface area contributed by atoms with Gasteiger partial charge < -0.3 is 5.32 Å². The number of amides is 1. The average molecular weight is 478 g/mol. The molecule has 2 aromatic rings. The van der Waals surface area contributed by atoms with E-state index in [9.17, 15) is 21.6 Å². The Morgan fingerprint density at radius 3 is 2.44 bits per heavy atom. The van der Waals surface area contributed by atoms with E-state index in [1.165, 1.54) is 10.4 Å². The number of benzene rings is 2. The van der Waals surface area contributed by atoms with E-state index < -0.39 is 20.0 Å². The van der Waals surface area contributed by atoms with E-state index >= 15 is 0 Å². The van der Waals surface area contributed by atoms with Crippen LogP contribution in [0.3, 0.4) is 0 Å². The fourth-order valence-electron chi connectivity index (χ4n) is 3.40. The standard InChI is InChI=1S/C22H27N3O5S2/c1-3-15-31(27,28)24-21-7-4-6-20(17(21)2)23-22(26)13-10-18-8-11-19(12-9-18)25-14-5-16-32(25,29)30/h4,6-13,24H,3,5,14-16H2,1-2H3,(H,23,26)/b13-10+. The number of rotatable bonds is 8. The molecule has 0 aromatic heterocycles. The number of sulfonamides is 2. The van der Waals surface area contributed by atoms with Crippen LogP contribution in [0, 0.1) is 6.92 Å². The SMILES string of the molecule is CCCS(=O)(=O)Nc1cccc(NC(=O)/C=C/c2ccc(N3CCCS3(=O)=O)cc2)c1C. The summed E-state index contributed by atoms with van der Waals surface area (Å²) in [6.45, 7) is 4.00. The molecule has 1 heterocycles. The Balaban J connectivity index is 1.66. The largest absolute Gasteiger partial charge is 0.322 e. The van der Waals surface area contributed by atoms with Crippen LogP contribution in [0.4, 0.5) is 17.1 Å². The third-order valence-corrected chi connectivity index (χ3v) is 8.38. The summed E-state index contributed by atoms with van der Waals surface area (Å²) in [5, 5.41) is 2.76. The molecule has 1 aliphatic rings. The van der Waals surface area contributed by atoms with Crippen LogP contribution in [0.1, 0.15) is 30.9 Å². The van der Waals surface area contributed by atoms with Crippen molar-refractivity contribution in [1.82, 2.24) is 0 Å². The summed E-state index contributed by atoms with van der Waals surface area (Å²) in [5.41, 5.74) is 2.91. The zero-order valence-corrected chi connectivity index (χ0v) is 19.7. The maximum atomic E-state index is 12.4. The number of nitrogens with one attached hydrogen (secondary N) is 2. The predicted molar refractivity (Wildman–Crippen MR) is 129 cm³/mol. The van der Waals surface area contributed by atoms with Crippen molar-refractivity contribution in [2.75, 3.05) is 32.4 Å². The lowest BCUT2D eigenvalue weighted by Crippen LogP contribution is -2.24. The van der Waals surface area contributed by atoms with E-state index in [1.807, 2.05) is 0 Å². The molecule has 0 saturated carbocycles. The number of carbonyl (C=O) groups excluding carboxylic acids is 1. The first-order chi connectivity index (χ1) is 15.1. The summed E-state index contributed by atoms with van der Waals surface area (Å²) in [7, 11) is -6.66. The van der Waals surface area contributed by atoms with Gasteiger partial charge in [0.2, 0.25) is 26.0 Å². The number of hydrogen-bond donors (Lipinski definition) is 2.